The summed E-state index contributed by atoms with van der Waals surface area (Å²) in [5, 5.41) is 2.76. The first-order chi connectivity index (χ1) is 37.3. The van der Waals surface area contributed by atoms with Crippen LogP contribution in [0.2, 0.25) is 0 Å². The Bertz CT molecular complexity index is 1320. The highest BCUT2D eigenvalue weighted by Gasteiger charge is 2.13. The smallest absolute Gasteiger partial charge is 0.233 e. The third-order valence-electron chi connectivity index (χ3n) is 15.7. The van der Waals surface area contributed by atoms with Gasteiger partial charge in [-0.3, -0.25) is 28.9 Å². The Morgan fingerprint density at radius 2 is 0.725 bits per heavy atom. The number of nitrogens with one attached hydrogen (secondary N) is 1. The van der Waals surface area contributed by atoms with Crippen LogP contribution in [0.25, 0.3) is 0 Å². The number of carbonyl (C=O) groups is 5. The molecule has 3 unspecified atom stereocenters. The molecule has 3 atom stereocenters. The fourth-order valence-electron chi connectivity index (χ4n) is 7.29. The van der Waals surface area contributed by atoms with Crippen LogP contribution in [0.1, 0.15) is 252 Å². The quantitative estimate of drug-likeness (QED) is 0.0578. The van der Waals surface area contributed by atoms with Crippen LogP contribution >= 0.6 is 0 Å². The molecule has 0 radical (unpaired) electrons. The maximum atomic E-state index is 11.3. The molecule has 484 valence electrons. The van der Waals surface area contributed by atoms with E-state index in [0.717, 1.165) is 107 Å². The van der Waals surface area contributed by atoms with E-state index in [4.69, 9.17) is 5.73 Å². The number of nitrogens with two attached hydrogens (primary N) is 1. The normalized spacial score (nSPS) is 12.2. The molecule has 0 aromatic rings. The molecule has 0 aromatic carbocycles. The molecule has 0 fully saturated rings. The Hall–Kier alpha value is -2.25. The van der Waals surface area contributed by atoms with Gasteiger partial charge >= 0.3 is 0 Å². The van der Waals surface area contributed by atoms with E-state index >= 15 is 0 Å². The number of nitrogens with zero attached hydrogens (tertiary/aromatic N) is 5. The lowest BCUT2D eigenvalue weighted by atomic mass is 9.93. The van der Waals surface area contributed by atoms with Gasteiger partial charge in [-0.05, 0) is 179 Å². The first-order valence-electron chi connectivity index (χ1n) is 33.0. The maximum Gasteiger partial charge on any atom is 0.233 e. The molecule has 80 heavy (non-hydrogen) atoms. The summed E-state index contributed by atoms with van der Waals surface area (Å²) in [6.45, 7) is 75.3. The molecule has 0 aromatic heterocycles. The molecule has 12 nitrogen and oxygen atoms in total. The van der Waals surface area contributed by atoms with Crippen LogP contribution in [0.3, 0.4) is 0 Å². The average molecular weight is 1140 g/mol. The Morgan fingerprint density at radius 3 is 0.975 bits per heavy atom. The minimum Gasteiger partial charge on any atom is -0.355 e. The number of likely N-dealkylation sites (N-methyl/N-ethyl adjacent to an activating group) is 1. The van der Waals surface area contributed by atoms with Gasteiger partial charge in [0.25, 0.3) is 0 Å². The summed E-state index contributed by atoms with van der Waals surface area (Å²) in [4.78, 5) is 66.1. The summed E-state index contributed by atoms with van der Waals surface area (Å²) in [5.74, 6) is 7.21. The fourth-order valence-corrected chi connectivity index (χ4v) is 7.29. The van der Waals surface area contributed by atoms with Gasteiger partial charge in [-0.1, -0.05) is 173 Å². The molecule has 12 heteroatoms. The van der Waals surface area contributed by atoms with Crippen molar-refractivity contribution in [1.82, 2.24) is 29.8 Å². The lowest BCUT2D eigenvalue weighted by Gasteiger charge is -2.20. The molecular weight excluding hydrogens is 995 g/mol. The SMILES string of the molecule is CC(=O)C(C)C.CC(C)C(C)CCCNC(=O)CN.CCN(CC)C(=O)CC(C)C.CCN(CC)CC(=O)C(C)C.CCN(CC)CCCC(=O)C(C)C.CCN(CC)CCCC(C)C(C)C.CCN(CC)CCCC(C)C(C)C. The van der Waals surface area contributed by atoms with Gasteiger partial charge in [0.15, 0.2) is 0 Å². The minimum absolute atomic E-state index is 0.0581. The highest BCUT2D eigenvalue weighted by Crippen LogP contribution is 2.17. The summed E-state index contributed by atoms with van der Waals surface area (Å²) in [6.07, 6.45) is 10.1. The van der Waals surface area contributed by atoms with Gasteiger partial charge in [-0.15, -0.1) is 0 Å². The second-order valence-electron chi connectivity index (χ2n) is 24.5. The van der Waals surface area contributed by atoms with Gasteiger partial charge in [0.2, 0.25) is 11.8 Å². The highest BCUT2D eigenvalue weighted by atomic mass is 16.2. The van der Waals surface area contributed by atoms with Gasteiger partial charge in [-0.2, -0.15) is 0 Å². The monoisotopic (exact) mass is 1140 g/mol. The van der Waals surface area contributed by atoms with Gasteiger partial charge in [-0.25, -0.2) is 0 Å². The second kappa shape index (κ2) is 62.8. The number of ketones is 3. The molecule has 0 saturated heterocycles. The summed E-state index contributed by atoms with van der Waals surface area (Å²) >= 11 is 0. The average Bonchev–Trinajstić information content (AvgIpc) is 3.41. The van der Waals surface area contributed by atoms with Crippen LogP contribution < -0.4 is 11.1 Å². The number of carbonyl (C=O) groups excluding carboxylic acids is 5. The van der Waals surface area contributed by atoms with Crippen molar-refractivity contribution >= 4 is 29.2 Å². The summed E-state index contributed by atoms with van der Waals surface area (Å²) in [5.41, 5.74) is 5.15. The fraction of sp³-hybridized carbons (Fsp3) is 0.926. The number of rotatable bonds is 37. The third-order valence-corrected chi connectivity index (χ3v) is 15.7. The van der Waals surface area contributed by atoms with E-state index in [1.165, 1.54) is 71.4 Å². The van der Waals surface area contributed by atoms with E-state index in [-0.39, 0.29) is 41.9 Å². The van der Waals surface area contributed by atoms with Crippen molar-refractivity contribution in [3.05, 3.63) is 0 Å². The van der Waals surface area contributed by atoms with Crippen LogP contribution in [0.15, 0.2) is 0 Å². The highest BCUT2D eigenvalue weighted by molar-refractivity contribution is 5.82. The van der Waals surface area contributed by atoms with E-state index in [1.54, 1.807) is 6.92 Å². The van der Waals surface area contributed by atoms with Crippen LogP contribution in [-0.4, -0.2) is 158 Å². The van der Waals surface area contributed by atoms with Crippen LogP contribution in [-0.2, 0) is 24.0 Å². The number of hydrogen-bond donors (Lipinski definition) is 2. The zero-order valence-corrected chi connectivity index (χ0v) is 59.3. The van der Waals surface area contributed by atoms with Crippen molar-refractivity contribution < 1.29 is 24.0 Å². The maximum absolute atomic E-state index is 11.3. The Balaban J connectivity index is -0.000000157. The van der Waals surface area contributed by atoms with Crippen LogP contribution in [0.4, 0.5) is 0 Å². The predicted octanol–water partition coefficient (Wildman–Crippen LogP) is 15.0. The lowest BCUT2D eigenvalue weighted by Crippen LogP contribution is -2.31. The van der Waals surface area contributed by atoms with E-state index in [2.05, 4.69) is 156 Å². The Labute approximate surface area is 502 Å². The van der Waals surface area contributed by atoms with Gasteiger partial charge < -0.3 is 30.7 Å². The van der Waals surface area contributed by atoms with Crippen molar-refractivity contribution in [1.29, 1.82) is 0 Å². The Morgan fingerprint density at radius 1 is 0.412 bits per heavy atom. The summed E-state index contributed by atoms with van der Waals surface area (Å²) in [6, 6.07) is 0. The largest absolute Gasteiger partial charge is 0.355 e. The molecule has 2 amide bonds. The van der Waals surface area contributed by atoms with E-state index in [1.807, 2.05) is 60.3 Å². The summed E-state index contributed by atoms with van der Waals surface area (Å²) in [7, 11) is 0. The van der Waals surface area contributed by atoms with Crippen molar-refractivity contribution in [2.24, 2.45) is 64.9 Å². The van der Waals surface area contributed by atoms with E-state index in [9.17, 15) is 24.0 Å². The molecule has 3 N–H and O–H groups in total. The zero-order valence-electron chi connectivity index (χ0n) is 59.3. The molecule has 0 spiro atoms. The minimum atomic E-state index is -0.0581. The second-order valence-corrected chi connectivity index (χ2v) is 24.5. The number of hydrogen-bond acceptors (Lipinski definition) is 10. The van der Waals surface area contributed by atoms with Crippen LogP contribution in [0, 0.1) is 59.2 Å². The van der Waals surface area contributed by atoms with Gasteiger partial charge in [0, 0.05) is 50.2 Å². The van der Waals surface area contributed by atoms with E-state index in [0.29, 0.717) is 30.4 Å². The summed E-state index contributed by atoms with van der Waals surface area (Å²) < 4.78 is 0. The van der Waals surface area contributed by atoms with Crippen LogP contribution in [0.5, 0.6) is 0 Å². The molecule has 0 aliphatic rings. The molecule has 0 rings (SSSR count). The first kappa shape index (κ1) is 91.5. The molecular formula is C68H147N7O5. The first-order valence-corrected chi connectivity index (χ1v) is 33.0. The zero-order chi connectivity index (χ0) is 63.9. The molecule has 0 aliphatic carbocycles. The molecule has 0 bridgehead atoms. The standard InChI is InChI=1S/2C12H27N.C11H23NO.C10H22N2O.2C9H19NO.C5H10O/c2*1-6-13(7-2)10-8-9-12(5)11(3)4;1-5-12(6-2)9-7-8-11(13)10(3)4;1-8(2)9(3)5-4-6-12-10(13)7-11;1-5-10(6-2)7-9(11)8(3)4;1-5-10(6-2)9(11)7-8(3)4;1-4(2)5(3)6/h2*11-12H,6-10H2,1-5H3;10H,5-9H2,1-4H3;8-9H,4-7,11H2,1-3H3,(H,12,13);2*8H,5-7H2,1-4H3;4H,1-3H3. The number of Topliss-reactive ketones (excluding diaryl/α,β-unsaturated/α-hetero) is 3. The van der Waals surface area contributed by atoms with Gasteiger partial charge in [0.1, 0.15) is 17.3 Å². The molecule has 0 heterocycles. The Kier molecular flexibility index (Phi) is 71.8. The van der Waals surface area contributed by atoms with E-state index < -0.39 is 0 Å². The van der Waals surface area contributed by atoms with Crippen molar-refractivity contribution in [3.63, 3.8) is 0 Å². The predicted molar refractivity (Wildman–Crippen MR) is 355 cm³/mol. The molecule has 0 aliphatic heterocycles. The van der Waals surface area contributed by atoms with Crippen molar-refractivity contribution in [2.75, 3.05) is 105 Å². The van der Waals surface area contributed by atoms with Crippen molar-refractivity contribution in [2.45, 2.75) is 252 Å². The lowest BCUT2D eigenvalue weighted by molar-refractivity contribution is -0.131. The van der Waals surface area contributed by atoms with Crippen molar-refractivity contribution in [3.8, 4) is 0 Å². The third kappa shape index (κ3) is 64.9. The molecule has 0 saturated carbocycles. The number of amides is 2. The van der Waals surface area contributed by atoms with Gasteiger partial charge in [0.05, 0.1) is 13.1 Å². The topological polar surface area (TPSA) is 140 Å².